The van der Waals surface area contributed by atoms with E-state index in [1.807, 2.05) is 39.1 Å². The third-order valence-electron chi connectivity index (χ3n) is 3.20. The quantitative estimate of drug-likeness (QED) is 0.839. The third kappa shape index (κ3) is 5.70. The Labute approximate surface area is 133 Å². The van der Waals surface area contributed by atoms with Crippen LogP contribution in [-0.4, -0.2) is 18.7 Å². The van der Waals surface area contributed by atoms with E-state index in [-0.39, 0.29) is 6.61 Å². The summed E-state index contributed by atoms with van der Waals surface area (Å²) in [5.41, 5.74) is 2.38. The van der Waals surface area contributed by atoms with Gasteiger partial charge in [0.1, 0.15) is 0 Å². The summed E-state index contributed by atoms with van der Waals surface area (Å²) in [6.07, 6.45) is 7.98. The molecule has 0 saturated carbocycles. The summed E-state index contributed by atoms with van der Waals surface area (Å²) in [4.78, 5) is 2.59. The van der Waals surface area contributed by atoms with E-state index in [1.54, 1.807) is 11.8 Å². The van der Waals surface area contributed by atoms with Crippen molar-refractivity contribution >= 4 is 11.8 Å². The maximum Gasteiger partial charge on any atom is 0.0692 e. The molecule has 21 heavy (non-hydrogen) atoms. The average molecular weight is 305 g/mol. The number of hydrogen-bond donors (Lipinski definition) is 2. The maximum absolute atomic E-state index is 9.42. The molecular formula is C18H27NOS. The third-order valence-corrected chi connectivity index (χ3v) is 4.53. The minimum absolute atomic E-state index is 0.105. The van der Waals surface area contributed by atoms with E-state index in [0.717, 1.165) is 24.9 Å². The van der Waals surface area contributed by atoms with E-state index >= 15 is 0 Å². The number of likely N-dealkylation sites (N-methyl/N-ethyl adjacent to an activating group) is 1. The lowest BCUT2D eigenvalue weighted by atomic mass is 10.2. The van der Waals surface area contributed by atoms with E-state index in [0.29, 0.717) is 0 Å². The minimum Gasteiger partial charge on any atom is -0.392 e. The molecule has 3 heteroatoms. The first-order chi connectivity index (χ1) is 10.3. The first-order valence-corrected chi connectivity index (χ1v) is 8.56. The van der Waals surface area contributed by atoms with E-state index < -0.39 is 0 Å². The van der Waals surface area contributed by atoms with Crippen molar-refractivity contribution in [3.63, 3.8) is 0 Å². The predicted octanol–water partition coefficient (Wildman–Crippen LogP) is 4.51. The van der Waals surface area contributed by atoms with Crippen LogP contribution in [0.2, 0.25) is 0 Å². The number of aliphatic hydroxyl groups is 1. The van der Waals surface area contributed by atoms with Gasteiger partial charge in [-0.25, -0.2) is 0 Å². The Morgan fingerprint density at radius 1 is 1.24 bits per heavy atom. The number of benzene rings is 1. The highest BCUT2D eigenvalue weighted by Crippen LogP contribution is 2.36. The molecule has 1 aromatic rings. The van der Waals surface area contributed by atoms with Gasteiger partial charge in [0, 0.05) is 11.4 Å². The van der Waals surface area contributed by atoms with Gasteiger partial charge >= 0.3 is 0 Å². The first kappa shape index (κ1) is 18.0. The Hall–Kier alpha value is -1.03. The van der Waals surface area contributed by atoms with Gasteiger partial charge in [0.2, 0.25) is 0 Å². The fourth-order valence-electron chi connectivity index (χ4n) is 2.19. The molecule has 1 aliphatic rings. The van der Waals surface area contributed by atoms with Gasteiger partial charge in [0.15, 0.2) is 0 Å². The molecule has 0 atom stereocenters. The Morgan fingerprint density at radius 2 is 2.00 bits per heavy atom. The summed E-state index contributed by atoms with van der Waals surface area (Å²) in [5, 5.41) is 12.7. The molecule has 116 valence electrons. The van der Waals surface area contributed by atoms with Gasteiger partial charge in [-0.1, -0.05) is 56.0 Å². The zero-order valence-electron chi connectivity index (χ0n) is 13.4. The average Bonchev–Trinajstić information content (AvgIpc) is 2.76. The normalized spacial score (nSPS) is 14.5. The molecule has 0 heterocycles. The lowest BCUT2D eigenvalue weighted by molar-refractivity contribution is 0.279. The zero-order chi connectivity index (χ0) is 15.5. The van der Waals surface area contributed by atoms with Crippen LogP contribution in [0.4, 0.5) is 0 Å². The largest absolute Gasteiger partial charge is 0.392 e. The standard InChI is InChI=1S/C16H21NOS.C2H6/c1-17-11-13-7-3-2-4-9-15(13)19-16-10-6-5-8-14(16)12-18;1-2/h3,5-8,10,17-18H,2,4,9,11-12H2,1H3;1-2H3. The van der Waals surface area contributed by atoms with Crippen molar-refractivity contribution in [3.05, 3.63) is 52.5 Å². The molecule has 0 spiro atoms. The summed E-state index contributed by atoms with van der Waals surface area (Å²) in [6, 6.07) is 8.10. The second-order valence-electron chi connectivity index (χ2n) is 4.64. The highest BCUT2D eigenvalue weighted by molar-refractivity contribution is 8.03. The van der Waals surface area contributed by atoms with Gasteiger partial charge in [0.05, 0.1) is 6.61 Å². The SMILES string of the molecule is CC.CNCC1=C(Sc2ccccc2CO)CCCC=C1. The molecule has 2 N–H and O–H groups in total. The second-order valence-corrected chi connectivity index (χ2v) is 5.78. The van der Waals surface area contributed by atoms with Crippen molar-refractivity contribution in [2.75, 3.05) is 13.6 Å². The molecule has 2 nitrogen and oxygen atoms in total. The Morgan fingerprint density at radius 3 is 2.71 bits per heavy atom. The Bertz CT molecular complexity index is 480. The van der Waals surface area contributed by atoms with Crippen molar-refractivity contribution in [3.8, 4) is 0 Å². The maximum atomic E-state index is 9.42. The van der Waals surface area contributed by atoms with Crippen LogP contribution < -0.4 is 5.32 Å². The van der Waals surface area contributed by atoms with Crippen LogP contribution in [0, 0.1) is 0 Å². The van der Waals surface area contributed by atoms with Crippen LogP contribution in [-0.2, 0) is 6.61 Å². The number of rotatable bonds is 5. The zero-order valence-corrected chi connectivity index (χ0v) is 14.2. The summed E-state index contributed by atoms with van der Waals surface area (Å²) < 4.78 is 0. The van der Waals surface area contributed by atoms with Gasteiger partial charge in [-0.05, 0) is 48.4 Å². The van der Waals surface area contributed by atoms with Crippen LogP contribution in [0.25, 0.3) is 0 Å². The van der Waals surface area contributed by atoms with Crippen molar-refractivity contribution in [2.45, 2.75) is 44.6 Å². The van der Waals surface area contributed by atoms with Crippen molar-refractivity contribution in [2.24, 2.45) is 0 Å². The van der Waals surface area contributed by atoms with Crippen LogP contribution in [0.1, 0.15) is 38.7 Å². The van der Waals surface area contributed by atoms with Gasteiger partial charge in [0.25, 0.3) is 0 Å². The fraction of sp³-hybridized carbons (Fsp3) is 0.444. The number of nitrogens with one attached hydrogen (secondary N) is 1. The van der Waals surface area contributed by atoms with E-state index in [4.69, 9.17) is 0 Å². The smallest absolute Gasteiger partial charge is 0.0692 e. The molecule has 1 aliphatic carbocycles. The van der Waals surface area contributed by atoms with E-state index in [1.165, 1.54) is 21.8 Å². The van der Waals surface area contributed by atoms with Gasteiger partial charge in [-0.2, -0.15) is 0 Å². The minimum atomic E-state index is 0.105. The monoisotopic (exact) mass is 305 g/mol. The molecule has 0 amide bonds. The summed E-state index contributed by atoms with van der Waals surface area (Å²) in [7, 11) is 1.98. The molecule has 2 rings (SSSR count). The van der Waals surface area contributed by atoms with Gasteiger partial charge < -0.3 is 10.4 Å². The Kier molecular flexibility index (Phi) is 9.15. The topological polar surface area (TPSA) is 32.3 Å². The number of aliphatic hydroxyl groups excluding tert-OH is 1. The summed E-state index contributed by atoms with van der Waals surface area (Å²) >= 11 is 1.81. The number of allylic oxidation sites excluding steroid dienone is 2. The highest BCUT2D eigenvalue weighted by atomic mass is 32.2. The number of thioether (sulfide) groups is 1. The van der Waals surface area contributed by atoms with Crippen molar-refractivity contribution in [1.29, 1.82) is 0 Å². The lowest BCUT2D eigenvalue weighted by Crippen LogP contribution is -2.10. The van der Waals surface area contributed by atoms with Crippen LogP contribution in [0.5, 0.6) is 0 Å². The molecule has 1 aromatic carbocycles. The predicted molar refractivity (Wildman–Crippen MR) is 93.5 cm³/mol. The van der Waals surface area contributed by atoms with Crippen molar-refractivity contribution < 1.29 is 5.11 Å². The van der Waals surface area contributed by atoms with Crippen molar-refractivity contribution in [1.82, 2.24) is 5.32 Å². The molecule has 0 bridgehead atoms. The summed E-state index contributed by atoms with van der Waals surface area (Å²) in [5.74, 6) is 0. The molecule has 0 aliphatic heterocycles. The molecule has 0 saturated heterocycles. The molecule has 0 radical (unpaired) electrons. The molecule has 0 fully saturated rings. The summed E-state index contributed by atoms with van der Waals surface area (Å²) in [6.45, 7) is 5.01. The lowest BCUT2D eigenvalue weighted by Gasteiger charge is -2.13. The second kappa shape index (κ2) is 10.7. The Balaban J connectivity index is 0.00000106. The van der Waals surface area contributed by atoms with E-state index in [9.17, 15) is 5.11 Å². The fourth-order valence-corrected chi connectivity index (χ4v) is 3.38. The molecule has 0 aromatic heterocycles. The van der Waals surface area contributed by atoms with Gasteiger partial charge in [-0.3, -0.25) is 0 Å². The number of hydrogen-bond acceptors (Lipinski definition) is 3. The highest BCUT2D eigenvalue weighted by Gasteiger charge is 2.11. The van der Waals surface area contributed by atoms with Crippen LogP contribution >= 0.6 is 11.8 Å². The van der Waals surface area contributed by atoms with Crippen LogP contribution in [0.3, 0.4) is 0 Å². The molecular weight excluding hydrogens is 278 g/mol. The van der Waals surface area contributed by atoms with Gasteiger partial charge in [-0.15, -0.1) is 0 Å². The van der Waals surface area contributed by atoms with Crippen LogP contribution in [0.15, 0.2) is 51.8 Å². The molecule has 0 unspecified atom stereocenters. The first-order valence-electron chi connectivity index (χ1n) is 7.75. The van der Waals surface area contributed by atoms with E-state index in [2.05, 4.69) is 23.5 Å².